The summed E-state index contributed by atoms with van der Waals surface area (Å²) in [7, 11) is 0. The Labute approximate surface area is 122 Å². The molecule has 0 radical (unpaired) electrons. The number of aromatic nitrogens is 1. The Morgan fingerprint density at radius 2 is 1.95 bits per heavy atom. The summed E-state index contributed by atoms with van der Waals surface area (Å²) in [5.74, 6) is 0.597. The zero-order valence-corrected chi connectivity index (χ0v) is 13.4. The maximum atomic E-state index is 4.73. The Kier molecular flexibility index (Phi) is 4.64. The molecular formula is C18H26N2. The number of hydrogen-bond donors (Lipinski definition) is 1. The molecule has 0 amide bonds. The lowest BCUT2D eigenvalue weighted by Gasteiger charge is -2.16. The fourth-order valence-electron chi connectivity index (χ4n) is 2.52. The summed E-state index contributed by atoms with van der Waals surface area (Å²) in [5.41, 5.74) is 6.16. The van der Waals surface area contributed by atoms with E-state index in [1.165, 1.54) is 28.6 Å². The first-order valence-electron chi connectivity index (χ1n) is 7.73. The number of pyridine rings is 1. The number of aryl methyl sites for hydroxylation is 1. The molecule has 0 aliphatic rings. The molecule has 2 rings (SSSR count). The summed E-state index contributed by atoms with van der Waals surface area (Å²) in [6.07, 6.45) is 2.30. The van der Waals surface area contributed by atoms with Gasteiger partial charge in [0.2, 0.25) is 0 Å². The molecule has 0 saturated heterocycles. The molecule has 0 bridgehead atoms. The molecular weight excluding hydrogens is 244 g/mol. The molecule has 1 N–H and O–H groups in total. The molecule has 1 atom stereocenters. The second kappa shape index (κ2) is 6.25. The van der Waals surface area contributed by atoms with Crippen LogP contribution in [0.3, 0.4) is 0 Å². The predicted octanol–water partition coefficient (Wildman–Crippen LogP) is 5.19. The minimum Gasteiger partial charge on any atom is -0.384 e. The van der Waals surface area contributed by atoms with Gasteiger partial charge < -0.3 is 5.32 Å². The van der Waals surface area contributed by atoms with Crippen LogP contribution in [-0.4, -0.2) is 11.5 Å². The molecule has 1 unspecified atom stereocenters. The summed E-state index contributed by atoms with van der Waals surface area (Å²) in [5, 5.41) is 4.85. The Balaban J connectivity index is 2.61. The minimum atomic E-state index is 0.597. The lowest BCUT2D eigenvalue weighted by molar-refractivity contribution is 0.734. The number of nitrogens with zero attached hydrogens (tertiary/aromatic N) is 1. The van der Waals surface area contributed by atoms with Gasteiger partial charge in [-0.3, -0.25) is 4.98 Å². The van der Waals surface area contributed by atoms with Crippen LogP contribution in [0.2, 0.25) is 0 Å². The third-order valence-corrected chi connectivity index (χ3v) is 4.23. The number of hydrogen-bond acceptors (Lipinski definition) is 2. The van der Waals surface area contributed by atoms with Gasteiger partial charge in [0.05, 0.1) is 5.52 Å². The van der Waals surface area contributed by atoms with Crippen molar-refractivity contribution < 1.29 is 0 Å². The van der Waals surface area contributed by atoms with E-state index in [1.807, 2.05) is 0 Å². The van der Waals surface area contributed by atoms with Crippen molar-refractivity contribution >= 4 is 16.6 Å². The third-order valence-electron chi connectivity index (χ3n) is 4.23. The van der Waals surface area contributed by atoms with Crippen LogP contribution >= 0.6 is 0 Å². The van der Waals surface area contributed by atoms with Crippen LogP contribution in [0.1, 0.15) is 56.4 Å². The van der Waals surface area contributed by atoms with Crippen molar-refractivity contribution in [2.45, 2.75) is 53.4 Å². The topological polar surface area (TPSA) is 24.9 Å². The van der Waals surface area contributed by atoms with E-state index < -0.39 is 0 Å². The molecule has 1 heterocycles. The maximum absolute atomic E-state index is 4.73. The number of fused-ring (bicyclic) bond motifs is 1. The fourth-order valence-corrected chi connectivity index (χ4v) is 2.52. The van der Waals surface area contributed by atoms with Crippen molar-refractivity contribution in [1.29, 1.82) is 0 Å². The van der Waals surface area contributed by atoms with Gasteiger partial charge >= 0.3 is 0 Å². The monoisotopic (exact) mass is 270 g/mol. The average molecular weight is 270 g/mol. The van der Waals surface area contributed by atoms with Crippen LogP contribution in [0.15, 0.2) is 18.2 Å². The van der Waals surface area contributed by atoms with Crippen molar-refractivity contribution in [3.05, 3.63) is 35.0 Å². The van der Waals surface area contributed by atoms with Gasteiger partial charge in [-0.2, -0.15) is 0 Å². The van der Waals surface area contributed by atoms with Crippen molar-refractivity contribution in [3.8, 4) is 0 Å². The minimum absolute atomic E-state index is 0.597. The van der Waals surface area contributed by atoms with Gasteiger partial charge in [0.25, 0.3) is 0 Å². The summed E-state index contributed by atoms with van der Waals surface area (Å²) in [6, 6.07) is 6.71. The molecule has 2 nitrogen and oxygen atoms in total. The molecule has 20 heavy (non-hydrogen) atoms. The zero-order chi connectivity index (χ0) is 14.7. The van der Waals surface area contributed by atoms with Crippen LogP contribution in [0.25, 0.3) is 10.9 Å². The first kappa shape index (κ1) is 14.8. The number of nitrogens with one attached hydrogen (secondary N) is 1. The number of benzene rings is 1. The van der Waals surface area contributed by atoms with Crippen molar-refractivity contribution in [1.82, 2.24) is 4.98 Å². The highest BCUT2D eigenvalue weighted by Gasteiger charge is 2.11. The lowest BCUT2D eigenvalue weighted by Crippen LogP contribution is -2.05. The first-order chi connectivity index (χ1) is 9.58. The molecule has 0 aliphatic carbocycles. The van der Waals surface area contributed by atoms with Crippen molar-refractivity contribution in [2.24, 2.45) is 0 Å². The highest BCUT2D eigenvalue weighted by Crippen LogP contribution is 2.31. The Bertz CT molecular complexity index is 602. The lowest BCUT2D eigenvalue weighted by atomic mass is 9.95. The van der Waals surface area contributed by atoms with E-state index in [2.05, 4.69) is 58.1 Å². The van der Waals surface area contributed by atoms with E-state index in [0.717, 1.165) is 24.2 Å². The number of anilines is 1. The van der Waals surface area contributed by atoms with Gasteiger partial charge in [-0.1, -0.05) is 26.8 Å². The van der Waals surface area contributed by atoms with E-state index in [4.69, 9.17) is 4.98 Å². The standard InChI is InChI=1S/C18H26N2/c1-6-10-19-18-13(4)14(5)20-17-9-8-15(11-16(17)18)12(3)7-2/h8-9,11-12H,6-7,10H2,1-5H3,(H,19,20). The smallest absolute Gasteiger partial charge is 0.0726 e. The zero-order valence-electron chi connectivity index (χ0n) is 13.4. The second-order valence-corrected chi connectivity index (χ2v) is 5.71. The van der Waals surface area contributed by atoms with E-state index in [-0.39, 0.29) is 0 Å². The summed E-state index contributed by atoms with van der Waals surface area (Å²) in [4.78, 5) is 4.73. The molecule has 0 spiro atoms. The Morgan fingerprint density at radius 1 is 1.20 bits per heavy atom. The Morgan fingerprint density at radius 3 is 2.60 bits per heavy atom. The van der Waals surface area contributed by atoms with Gasteiger partial charge in [-0.05, 0) is 55.9 Å². The van der Waals surface area contributed by atoms with Gasteiger partial charge in [0, 0.05) is 23.3 Å². The van der Waals surface area contributed by atoms with E-state index >= 15 is 0 Å². The van der Waals surface area contributed by atoms with Crippen molar-refractivity contribution in [3.63, 3.8) is 0 Å². The van der Waals surface area contributed by atoms with E-state index in [0.29, 0.717) is 5.92 Å². The summed E-state index contributed by atoms with van der Waals surface area (Å²) < 4.78 is 0. The average Bonchev–Trinajstić information content (AvgIpc) is 2.46. The molecule has 0 aliphatic heterocycles. The maximum Gasteiger partial charge on any atom is 0.0726 e. The molecule has 2 heteroatoms. The molecule has 1 aromatic carbocycles. The molecule has 0 saturated carbocycles. The van der Waals surface area contributed by atoms with Gasteiger partial charge in [-0.25, -0.2) is 0 Å². The third kappa shape index (κ3) is 2.79. The summed E-state index contributed by atoms with van der Waals surface area (Å²) >= 11 is 0. The van der Waals surface area contributed by atoms with Crippen LogP contribution in [0.4, 0.5) is 5.69 Å². The number of rotatable bonds is 5. The van der Waals surface area contributed by atoms with Gasteiger partial charge in [0.15, 0.2) is 0 Å². The van der Waals surface area contributed by atoms with Gasteiger partial charge in [-0.15, -0.1) is 0 Å². The quantitative estimate of drug-likeness (QED) is 0.809. The largest absolute Gasteiger partial charge is 0.384 e. The molecule has 0 fully saturated rings. The molecule has 2 aromatic rings. The second-order valence-electron chi connectivity index (χ2n) is 5.71. The Hall–Kier alpha value is -1.57. The fraction of sp³-hybridized carbons (Fsp3) is 0.500. The van der Waals surface area contributed by atoms with Crippen LogP contribution in [0, 0.1) is 13.8 Å². The van der Waals surface area contributed by atoms with Crippen LogP contribution < -0.4 is 5.32 Å². The SMILES string of the molecule is CCCNc1c(C)c(C)nc2ccc(C(C)CC)cc12. The highest BCUT2D eigenvalue weighted by atomic mass is 14.9. The molecule has 1 aromatic heterocycles. The first-order valence-corrected chi connectivity index (χ1v) is 7.73. The van der Waals surface area contributed by atoms with Crippen LogP contribution in [0.5, 0.6) is 0 Å². The van der Waals surface area contributed by atoms with Crippen LogP contribution in [-0.2, 0) is 0 Å². The highest BCUT2D eigenvalue weighted by molar-refractivity contribution is 5.93. The predicted molar refractivity (Wildman–Crippen MR) is 88.7 cm³/mol. The van der Waals surface area contributed by atoms with E-state index in [9.17, 15) is 0 Å². The summed E-state index contributed by atoms with van der Waals surface area (Å²) in [6.45, 7) is 12.0. The normalized spacial score (nSPS) is 12.7. The van der Waals surface area contributed by atoms with Crippen molar-refractivity contribution in [2.75, 3.05) is 11.9 Å². The van der Waals surface area contributed by atoms with Gasteiger partial charge in [0.1, 0.15) is 0 Å². The van der Waals surface area contributed by atoms with E-state index in [1.54, 1.807) is 0 Å². The molecule has 108 valence electrons.